The van der Waals surface area contributed by atoms with E-state index in [4.69, 9.17) is 23.8 Å². The van der Waals surface area contributed by atoms with Crippen LogP contribution in [0.5, 0.6) is 0 Å². The van der Waals surface area contributed by atoms with E-state index in [9.17, 15) is 0 Å². The van der Waals surface area contributed by atoms with Gasteiger partial charge >= 0.3 is 0 Å². The van der Waals surface area contributed by atoms with Crippen LogP contribution in [-0.2, 0) is 6.42 Å². The van der Waals surface area contributed by atoms with E-state index in [1.807, 2.05) is 25.1 Å². The molecule has 0 saturated carbocycles. The Morgan fingerprint density at radius 2 is 2.21 bits per heavy atom. The molecule has 2 N–H and O–H groups in total. The van der Waals surface area contributed by atoms with E-state index in [2.05, 4.69) is 15.3 Å². The van der Waals surface area contributed by atoms with Crippen LogP contribution >= 0.6 is 23.8 Å². The van der Waals surface area contributed by atoms with Gasteiger partial charge in [0.05, 0.1) is 15.5 Å². The third-order valence-electron chi connectivity index (χ3n) is 2.98. The van der Waals surface area contributed by atoms with Gasteiger partial charge in [-0.1, -0.05) is 36.3 Å². The lowest BCUT2D eigenvalue weighted by Gasteiger charge is -2.02. The second-order valence-electron chi connectivity index (χ2n) is 4.61. The first-order valence-corrected chi connectivity index (χ1v) is 7.33. The number of imidazole rings is 1. The number of aromatic nitrogens is 2. The van der Waals surface area contributed by atoms with Crippen LogP contribution in [0.1, 0.15) is 32.0 Å². The smallest absolute Gasteiger partial charge is 0.107 e. The number of aromatic amines is 1. The minimum Gasteiger partial charge on any atom is -0.380 e. The van der Waals surface area contributed by atoms with Gasteiger partial charge < -0.3 is 10.3 Å². The van der Waals surface area contributed by atoms with Gasteiger partial charge in [-0.2, -0.15) is 0 Å². The molecule has 0 atom stereocenters. The average molecular weight is 296 g/mol. The summed E-state index contributed by atoms with van der Waals surface area (Å²) < 4.78 is 0. The van der Waals surface area contributed by atoms with E-state index in [-0.39, 0.29) is 0 Å². The van der Waals surface area contributed by atoms with Gasteiger partial charge in [-0.05, 0) is 31.9 Å². The molecule has 2 rings (SSSR count). The van der Waals surface area contributed by atoms with E-state index in [1.54, 1.807) is 0 Å². The number of hydrogen-bond donors (Lipinski definition) is 2. The molecule has 19 heavy (non-hydrogen) atoms. The molecular formula is C14H18ClN3S. The fraction of sp³-hybridized carbons (Fsp3) is 0.429. The number of rotatable bonds is 6. The van der Waals surface area contributed by atoms with Gasteiger partial charge in [-0.3, -0.25) is 0 Å². The Kier molecular flexibility index (Phi) is 5.16. The summed E-state index contributed by atoms with van der Waals surface area (Å²) in [6.45, 7) is 2.87. The second-order valence-corrected chi connectivity index (χ2v) is 5.63. The Labute approximate surface area is 123 Å². The van der Waals surface area contributed by atoms with Crippen LogP contribution in [-0.4, -0.2) is 21.5 Å². The van der Waals surface area contributed by atoms with Gasteiger partial charge in [0, 0.05) is 13.0 Å². The number of nitrogens with one attached hydrogen (secondary N) is 2. The molecule has 0 unspecified atom stereocenters. The molecular weight excluding hydrogens is 278 g/mol. The first kappa shape index (κ1) is 14.3. The summed E-state index contributed by atoms with van der Waals surface area (Å²) in [5.74, 6) is 1.02. The number of unbranched alkanes of at least 4 members (excludes halogenated alkanes) is 2. The number of benzene rings is 1. The number of para-hydroxylation sites is 1. The maximum atomic E-state index is 6.10. The molecule has 0 spiro atoms. The Morgan fingerprint density at radius 1 is 1.37 bits per heavy atom. The second kappa shape index (κ2) is 6.87. The summed E-state index contributed by atoms with van der Waals surface area (Å²) in [6, 6.07) is 5.81. The molecule has 0 bridgehead atoms. The summed E-state index contributed by atoms with van der Waals surface area (Å²) >= 11 is 11.1. The zero-order valence-corrected chi connectivity index (χ0v) is 12.6. The molecule has 1 heterocycles. The number of thiocarbonyl (C=S) groups is 1. The highest BCUT2D eigenvalue weighted by molar-refractivity contribution is 7.80. The summed E-state index contributed by atoms with van der Waals surface area (Å²) in [4.78, 5) is 8.72. The van der Waals surface area contributed by atoms with E-state index in [0.29, 0.717) is 5.02 Å². The number of aryl methyl sites for hydroxylation is 1. The number of nitrogens with zero attached hydrogens (tertiary/aromatic N) is 1. The van der Waals surface area contributed by atoms with Gasteiger partial charge in [0.25, 0.3) is 0 Å². The lowest BCUT2D eigenvalue weighted by molar-refractivity contribution is 0.655. The van der Waals surface area contributed by atoms with Crippen molar-refractivity contribution in [3.63, 3.8) is 0 Å². The fourth-order valence-corrected chi connectivity index (χ4v) is 2.34. The zero-order chi connectivity index (χ0) is 13.7. The van der Waals surface area contributed by atoms with Crippen molar-refractivity contribution in [3.05, 3.63) is 29.0 Å². The number of hydrogen-bond acceptors (Lipinski definition) is 2. The van der Waals surface area contributed by atoms with Crippen molar-refractivity contribution in [1.82, 2.24) is 15.3 Å². The molecule has 0 aliphatic rings. The molecule has 0 fully saturated rings. The van der Waals surface area contributed by atoms with Crippen molar-refractivity contribution in [2.24, 2.45) is 0 Å². The Bertz CT molecular complexity index is 565. The summed E-state index contributed by atoms with van der Waals surface area (Å²) in [5.41, 5.74) is 1.89. The van der Waals surface area contributed by atoms with Crippen LogP contribution in [0.3, 0.4) is 0 Å². The normalized spacial score (nSPS) is 10.8. The Balaban J connectivity index is 1.79. The van der Waals surface area contributed by atoms with Gasteiger partial charge in [0.15, 0.2) is 0 Å². The van der Waals surface area contributed by atoms with Gasteiger partial charge in [-0.15, -0.1) is 0 Å². The molecule has 0 saturated heterocycles. The average Bonchev–Trinajstić information content (AvgIpc) is 2.78. The molecule has 1 aromatic heterocycles. The highest BCUT2D eigenvalue weighted by Crippen LogP contribution is 2.21. The quantitative estimate of drug-likeness (QED) is 0.628. The van der Waals surface area contributed by atoms with E-state index >= 15 is 0 Å². The largest absolute Gasteiger partial charge is 0.380 e. The van der Waals surface area contributed by atoms with Gasteiger partial charge in [0.1, 0.15) is 11.3 Å². The lowest BCUT2D eigenvalue weighted by Crippen LogP contribution is -2.19. The number of H-pyrrole nitrogens is 1. The Morgan fingerprint density at radius 3 is 2.95 bits per heavy atom. The molecule has 0 aliphatic carbocycles. The van der Waals surface area contributed by atoms with E-state index in [0.717, 1.165) is 47.7 Å². The minimum atomic E-state index is 0.709. The first-order chi connectivity index (χ1) is 9.16. The summed E-state index contributed by atoms with van der Waals surface area (Å²) in [6.07, 6.45) is 4.38. The van der Waals surface area contributed by atoms with Crippen molar-refractivity contribution in [2.45, 2.75) is 32.6 Å². The van der Waals surface area contributed by atoms with E-state index in [1.165, 1.54) is 6.42 Å². The first-order valence-electron chi connectivity index (χ1n) is 6.54. The highest BCUT2D eigenvalue weighted by atomic mass is 35.5. The lowest BCUT2D eigenvalue weighted by atomic mass is 10.2. The van der Waals surface area contributed by atoms with Gasteiger partial charge in [-0.25, -0.2) is 4.98 Å². The molecule has 5 heteroatoms. The molecule has 2 aromatic rings. The standard InChI is InChI=1S/C14H18ClN3S/c1-10(19)16-9-4-2-3-8-13-17-12-7-5-6-11(15)14(12)18-13/h5-7H,2-4,8-9H2,1H3,(H,16,19)(H,17,18). The SMILES string of the molecule is CC(=S)NCCCCCc1nc2c(Cl)cccc2[nH]1. The maximum Gasteiger partial charge on any atom is 0.107 e. The summed E-state index contributed by atoms with van der Waals surface area (Å²) in [7, 11) is 0. The topological polar surface area (TPSA) is 40.7 Å². The third kappa shape index (κ3) is 4.18. The number of halogens is 1. The van der Waals surface area contributed by atoms with Crippen LogP contribution in [0, 0.1) is 0 Å². The van der Waals surface area contributed by atoms with E-state index < -0.39 is 0 Å². The monoisotopic (exact) mass is 295 g/mol. The molecule has 0 amide bonds. The maximum absolute atomic E-state index is 6.10. The molecule has 0 aliphatic heterocycles. The van der Waals surface area contributed by atoms with Crippen LogP contribution < -0.4 is 5.32 Å². The Hall–Kier alpha value is -1.13. The van der Waals surface area contributed by atoms with Crippen molar-refractivity contribution in [3.8, 4) is 0 Å². The number of fused-ring (bicyclic) bond motifs is 1. The van der Waals surface area contributed by atoms with Crippen LogP contribution in [0.4, 0.5) is 0 Å². The van der Waals surface area contributed by atoms with Crippen LogP contribution in [0.15, 0.2) is 18.2 Å². The molecule has 3 nitrogen and oxygen atoms in total. The van der Waals surface area contributed by atoms with Crippen molar-refractivity contribution in [1.29, 1.82) is 0 Å². The van der Waals surface area contributed by atoms with Crippen molar-refractivity contribution in [2.75, 3.05) is 6.54 Å². The molecule has 102 valence electrons. The van der Waals surface area contributed by atoms with Gasteiger partial charge in [0.2, 0.25) is 0 Å². The zero-order valence-electron chi connectivity index (χ0n) is 11.0. The summed E-state index contributed by atoms with van der Waals surface area (Å²) in [5, 5.41) is 3.87. The van der Waals surface area contributed by atoms with Crippen LogP contribution in [0.25, 0.3) is 11.0 Å². The predicted molar refractivity (Wildman–Crippen MR) is 84.9 cm³/mol. The van der Waals surface area contributed by atoms with Crippen molar-refractivity contribution < 1.29 is 0 Å². The van der Waals surface area contributed by atoms with Crippen molar-refractivity contribution >= 4 is 39.8 Å². The highest BCUT2D eigenvalue weighted by Gasteiger charge is 2.05. The fourth-order valence-electron chi connectivity index (χ4n) is 2.03. The van der Waals surface area contributed by atoms with Crippen LogP contribution in [0.2, 0.25) is 5.02 Å². The molecule has 0 radical (unpaired) electrons. The molecule has 1 aromatic carbocycles. The predicted octanol–water partition coefficient (Wildman–Crippen LogP) is 3.87. The third-order valence-corrected chi connectivity index (χ3v) is 3.43. The minimum absolute atomic E-state index is 0.709.